The van der Waals surface area contributed by atoms with Gasteiger partial charge in [0.15, 0.2) is 0 Å². The fourth-order valence-electron chi connectivity index (χ4n) is 1.86. The molecule has 1 rings (SSSR count). The van der Waals surface area contributed by atoms with Crippen molar-refractivity contribution >= 4 is 12.4 Å². The number of carbonyl (C=O) groups is 2. The Hall–Kier alpha value is -1.85. The molecular weight excluding hydrogens is 234 g/mol. The average molecular weight is 253 g/mol. The van der Waals surface area contributed by atoms with Crippen molar-refractivity contribution in [3.05, 3.63) is 17.5 Å². The first kappa shape index (κ1) is 14.2. The van der Waals surface area contributed by atoms with Crippen molar-refractivity contribution < 1.29 is 14.7 Å². The molecule has 0 aliphatic rings. The van der Waals surface area contributed by atoms with Crippen LogP contribution in [0.3, 0.4) is 0 Å². The number of nitrogens with zero attached hydrogens (tertiary/aromatic N) is 2. The van der Waals surface area contributed by atoms with E-state index in [1.807, 2.05) is 20.8 Å². The minimum atomic E-state index is -0.960. The average Bonchev–Trinajstić information content (AvgIpc) is 2.58. The van der Waals surface area contributed by atoms with Crippen LogP contribution in [0.5, 0.6) is 0 Å². The summed E-state index contributed by atoms with van der Waals surface area (Å²) in [5.74, 6) is -0.960. The van der Waals surface area contributed by atoms with E-state index in [9.17, 15) is 9.59 Å². The van der Waals surface area contributed by atoms with E-state index < -0.39 is 12.0 Å². The number of carboxylic acids is 1. The monoisotopic (exact) mass is 253 g/mol. The first-order valence-corrected chi connectivity index (χ1v) is 5.71. The van der Waals surface area contributed by atoms with E-state index in [2.05, 4.69) is 10.4 Å². The lowest BCUT2D eigenvalue weighted by Crippen LogP contribution is -2.25. The Labute approximate surface area is 106 Å². The minimum Gasteiger partial charge on any atom is -0.481 e. The zero-order valence-electron chi connectivity index (χ0n) is 11.1. The van der Waals surface area contributed by atoms with Gasteiger partial charge in [-0.3, -0.25) is 14.3 Å². The van der Waals surface area contributed by atoms with Crippen LogP contribution in [0.25, 0.3) is 0 Å². The summed E-state index contributed by atoms with van der Waals surface area (Å²) >= 11 is 0. The van der Waals surface area contributed by atoms with Crippen LogP contribution in [-0.2, 0) is 22.1 Å². The van der Waals surface area contributed by atoms with Gasteiger partial charge in [-0.25, -0.2) is 0 Å². The quantitative estimate of drug-likeness (QED) is 0.766. The number of aryl methyl sites for hydroxylation is 1. The van der Waals surface area contributed by atoms with Crippen molar-refractivity contribution in [2.75, 3.05) is 0 Å². The van der Waals surface area contributed by atoms with Gasteiger partial charge in [-0.1, -0.05) is 20.8 Å². The second-order valence-electron chi connectivity index (χ2n) is 5.29. The van der Waals surface area contributed by atoms with E-state index in [0.29, 0.717) is 6.41 Å². The third-order valence-electron chi connectivity index (χ3n) is 2.59. The maximum absolute atomic E-state index is 10.8. The third kappa shape index (κ3) is 3.32. The second kappa shape index (κ2) is 5.20. The summed E-state index contributed by atoms with van der Waals surface area (Å²) in [4.78, 5) is 21.4. The molecule has 18 heavy (non-hydrogen) atoms. The molecule has 0 aromatic carbocycles. The van der Waals surface area contributed by atoms with Crippen molar-refractivity contribution in [3.63, 3.8) is 0 Å². The van der Waals surface area contributed by atoms with Crippen LogP contribution in [0.15, 0.2) is 6.20 Å². The lowest BCUT2D eigenvalue weighted by molar-refractivity contribution is -0.137. The van der Waals surface area contributed by atoms with E-state index in [1.54, 1.807) is 17.9 Å². The molecule has 6 nitrogen and oxygen atoms in total. The molecule has 0 unspecified atom stereocenters. The predicted octanol–water partition coefficient (Wildman–Crippen LogP) is 0.979. The fraction of sp³-hybridized carbons (Fsp3) is 0.583. The van der Waals surface area contributed by atoms with Gasteiger partial charge in [-0.2, -0.15) is 5.10 Å². The molecule has 1 heterocycles. The summed E-state index contributed by atoms with van der Waals surface area (Å²) in [5, 5.41) is 15.8. The van der Waals surface area contributed by atoms with Gasteiger partial charge in [0.25, 0.3) is 0 Å². The molecule has 0 saturated heterocycles. The standard InChI is InChI=1S/C12H19N3O3/c1-12(2,3)11-8(6-15(4)14-11)9(13-7-16)5-10(17)18/h6-7,9H,5H2,1-4H3,(H,13,16)(H,17,18)/t9-/m1/s1. The van der Waals surface area contributed by atoms with Crippen LogP contribution in [0.2, 0.25) is 0 Å². The van der Waals surface area contributed by atoms with Gasteiger partial charge in [-0.05, 0) is 0 Å². The zero-order chi connectivity index (χ0) is 13.9. The number of rotatable bonds is 5. The summed E-state index contributed by atoms with van der Waals surface area (Å²) in [7, 11) is 1.78. The van der Waals surface area contributed by atoms with Crippen molar-refractivity contribution in [2.45, 2.75) is 38.6 Å². The first-order chi connectivity index (χ1) is 8.25. The van der Waals surface area contributed by atoms with Gasteiger partial charge < -0.3 is 10.4 Å². The van der Waals surface area contributed by atoms with E-state index in [-0.39, 0.29) is 11.8 Å². The molecule has 1 amide bonds. The van der Waals surface area contributed by atoms with Crippen LogP contribution >= 0.6 is 0 Å². The number of aliphatic carboxylic acids is 1. The lowest BCUT2D eigenvalue weighted by atomic mass is 9.87. The summed E-state index contributed by atoms with van der Waals surface area (Å²) in [5.41, 5.74) is 1.34. The number of carbonyl (C=O) groups excluding carboxylic acids is 1. The highest BCUT2D eigenvalue weighted by molar-refractivity contribution is 5.68. The Morgan fingerprint density at radius 2 is 2.22 bits per heavy atom. The number of amides is 1. The van der Waals surface area contributed by atoms with Gasteiger partial charge in [-0.15, -0.1) is 0 Å². The van der Waals surface area contributed by atoms with Gasteiger partial charge in [0, 0.05) is 24.2 Å². The van der Waals surface area contributed by atoms with Crippen molar-refractivity contribution in [2.24, 2.45) is 7.05 Å². The predicted molar refractivity (Wildman–Crippen MR) is 66.1 cm³/mol. The SMILES string of the molecule is Cn1cc([C@@H](CC(=O)O)NC=O)c(C(C)(C)C)n1. The van der Waals surface area contributed by atoms with E-state index in [0.717, 1.165) is 11.3 Å². The number of hydrogen-bond donors (Lipinski definition) is 2. The summed E-state index contributed by atoms with van der Waals surface area (Å²) in [6.07, 6.45) is 2.12. The molecule has 0 bridgehead atoms. The molecule has 0 radical (unpaired) electrons. The molecule has 6 heteroatoms. The largest absolute Gasteiger partial charge is 0.481 e. The van der Waals surface area contributed by atoms with Crippen LogP contribution in [0, 0.1) is 0 Å². The summed E-state index contributed by atoms with van der Waals surface area (Å²) in [6.45, 7) is 5.99. The van der Waals surface area contributed by atoms with Crippen molar-refractivity contribution in [1.82, 2.24) is 15.1 Å². The van der Waals surface area contributed by atoms with Crippen molar-refractivity contribution in [3.8, 4) is 0 Å². The third-order valence-corrected chi connectivity index (χ3v) is 2.59. The van der Waals surface area contributed by atoms with Gasteiger partial charge in [0.1, 0.15) is 0 Å². The highest BCUT2D eigenvalue weighted by Crippen LogP contribution is 2.29. The molecule has 0 saturated carbocycles. The topological polar surface area (TPSA) is 84.2 Å². The number of nitrogens with one attached hydrogen (secondary N) is 1. The fourth-order valence-corrected chi connectivity index (χ4v) is 1.86. The zero-order valence-corrected chi connectivity index (χ0v) is 11.1. The van der Waals surface area contributed by atoms with Crippen LogP contribution in [0.1, 0.15) is 44.5 Å². The number of aromatic nitrogens is 2. The van der Waals surface area contributed by atoms with E-state index >= 15 is 0 Å². The van der Waals surface area contributed by atoms with Crippen LogP contribution < -0.4 is 5.32 Å². The molecule has 0 fully saturated rings. The maximum Gasteiger partial charge on any atom is 0.305 e. The second-order valence-corrected chi connectivity index (χ2v) is 5.29. The summed E-state index contributed by atoms with van der Waals surface area (Å²) < 4.78 is 1.64. The Morgan fingerprint density at radius 3 is 2.67 bits per heavy atom. The molecule has 1 aromatic heterocycles. The Kier molecular flexibility index (Phi) is 4.11. The highest BCUT2D eigenvalue weighted by atomic mass is 16.4. The molecule has 0 spiro atoms. The molecule has 0 aliphatic heterocycles. The van der Waals surface area contributed by atoms with E-state index in [1.165, 1.54) is 0 Å². The molecule has 2 N–H and O–H groups in total. The minimum absolute atomic E-state index is 0.159. The van der Waals surface area contributed by atoms with Crippen molar-refractivity contribution in [1.29, 1.82) is 0 Å². The molecule has 0 aliphatic carbocycles. The number of carboxylic acid groups (broad SMARTS) is 1. The molecule has 1 aromatic rings. The van der Waals surface area contributed by atoms with Gasteiger partial charge in [0.05, 0.1) is 18.2 Å². The molecule has 100 valence electrons. The smallest absolute Gasteiger partial charge is 0.305 e. The first-order valence-electron chi connectivity index (χ1n) is 5.71. The summed E-state index contributed by atoms with van der Waals surface area (Å²) in [6, 6.07) is -0.553. The Bertz CT molecular complexity index is 446. The highest BCUT2D eigenvalue weighted by Gasteiger charge is 2.27. The number of hydrogen-bond acceptors (Lipinski definition) is 3. The molecular formula is C12H19N3O3. The Balaban J connectivity index is 3.18. The van der Waals surface area contributed by atoms with Gasteiger partial charge >= 0.3 is 5.97 Å². The maximum atomic E-state index is 10.8. The van der Waals surface area contributed by atoms with Gasteiger partial charge in [0.2, 0.25) is 6.41 Å². The van der Waals surface area contributed by atoms with Crippen LogP contribution in [0.4, 0.5) is 0 Å². The lowest BCUT2D eigenvalue weighted by Gasteiger charge is -2.21. The molecule has 1 atom stereocenters. The van der Waals surface area contributed by atoms with Crippen LogP contribution in [-0.4, -0.2) is 27.3 Å². The normalized spacial score (nSPS) is 13.1. The van der Waals surface area contributed by atoms with E-state index in [4.69, 9.17) is 5.11 Å². The Morgan fingerprint density at radius 1 is 1.61 bits per heavy atom.